The molecule has 0 radical (unpaired) electrons. The molecule has 0 aliphatic rings. The van der Waals surface area contributed by atoms with Crippen molar-refractivity contribution in [3.63, 3.8) is 0 Å². The van der Waals surface area contributed by atoms with Crippen molar-refractivity contribution in [1.82, 2.24) is 4.98 Å². The average molecular weight is 223 g/mol. The highest BCUT2D eigenvalue weighted by Gasteiger charge is 2.00. The summed E-state index contributed by atoms with van der Waals surface area (Å²) in [5.74, 6) is 4.84. The molecule has 2 aromatic rings. The standard InChI is InChI=1S/C14H9NO2/c16-14(17)12-7-9-13(15-10-12)8-6-11-4-2-1-3-5-11/h1-5,7,9-10H,(H,16,17). The highest BCUT2D eigenvalue weighted by molar-refractivity contribution is 5.87. The van der Waals surface area contributed by atoms with Crippen LogP contribution in [0.3, 0.4) is 0 Å². The van der Waals surface area contributed by atoms with Gasteiger partial charge in [0, 0.05) is 11.8 Å². The van der Waals surface area contributed by atoms with Crippen LogP contribution in [0.4, 0.5) is 0 Å². The zero-order chi connectivity index (χ0) is 12.1. The Bertz CT molecular complexity index is 577. The summed E-state index contributed by atoms with van der Waals surface area (Å²) in [6, 6.07) is 12.6. The molecule has 1 aromatic carbocycles. The first kappa shape index (κ1) is 10.9. The molecule has 17 heavy (non-hydrogen) atoms. The van der Waals surface area contributed by atoms with E-state index in [9.17, 15) is 4.79 Å². The van der Waals surface area contributed by atoms with Gasteiger partial charge in [-0.15, -0.1) is 0 Å². The van der Waals surface area contributed by atoms with Gasteiger partial charge >= 0.3 is 5.97 Å². The van der Waals surface area contributed by atoms with Crippen LogP contribution in [0.5, 0.6) is 0 Å². The zero-order valence-electron chi connectivity index (χ0n) is 8.92. The van der Waals surface area contributed by atoms with Crippen LogP contribution < -0.4 is 0 Å². The van der Waals surface area contributed by atoms with Gasteiger partial charge in [-0.05, 0) is 30.2 Å². The molecule has 0 spiro atoms. The zero-order valence-corrected chi connectivity index (χ0v) is 8.92. The minimum absolute atomic E-state index is 0.162. The van der Waals surface area contributed by atoms with Gasteiger partial charge in [0.1, 0.15) is 5.69 Å². The maximum absolute atomic E-state index is 10.6. The molecule has 0 aliphatic carbocycles. The van der Waals surface area contributed by atoms with Crippen LogP contribution in [0.15, 0.2) is 48.7 Å². The Hall–Kier alpha value is -2.60. The SMILES string of the molecule is O=C(O)c1ccc(C#Cc2ccccc2)nc1. The molecule has 0 unspecified atom stereocenters. The first-order valence-corrected chi connectivity index (χ1v) is 5.02. The summed E-state index contributed by atoms with van der Waals surface area (Å²) in [6.07, 6.45) is 1.30. The van der Waals surface area contributed by atoms with Crippen LogP contribution in [0.2, 0.25) is 0 Å². The number of pyridine rings is 1. The first-order chi connectivity index (χ1) is 8.25. The van der Waals surface area contributed by atoms with E-state index < -0.39 is 5.97 Å². The molecule has 0 fully saturated rings. The molecule has 3 heteroatoms. The summed E-state index contributed by atoms with van der Waals surface area (Å²) in [5, 5.41) is 8.71. The van der Waals surface area contributed by atoms with E-state index in [0.717, 1.165) is 5.56 Å². The second-order valence-electron chi connectivity index (χ2n) is 3.35. The lowest BCUT2D eigenvalue weighted by Crippen LogP contribution is -1.97. The van der Waals surface area contributed by atoms with Crippen molar-refractivity contribution in [3.05, 3.63) is 65.5 Å². The van der Waals surface area contributed by atoms with Crippen molar-refractivity contribution in [2.75, 3.05) is 0 Å². The molecule has 82 valence electrons. The van der Waals surface area contributed by atoms with Crippen molar-refractivity contribution in [2.24, 2.45) is 0 Å². The molecule has 1 aromatic heterocycles. The fourth-order valence-electron chi connectivity index (χ4n) is 1.25. The Morgan fingerprint density at radius 2 is 1.82 bits per heavy atom. The average Bonchev–Trinajstić information content (AvgIpc) is 2.38. The van der Waals surface area contributed by atoms with Gasteiger partial charge in [0.15, 0.2) is 0 Å². The van der Waals surface area contributed by atoms with E-state index in [2.05, 4.69) is 16.8 Å². The lowest BCUT2D eigenvalue weighted by molar-refractivity contribution is 0.0696. The van der Waals surface area contributed by atoms with Crippen molar-refractivity contribution in [3.8, 4) is 11.8 Å². The summed E-state index contributed by atoms with van der Waals surface area (Å²) >= 11 is 0. The van der Waals surface area contributed by atoms with Crippen LogP contribution in [0, 0.1) is 11.8 Å². The molecule has 3 nitrogen and oxygen atoms in total. The molecular weight excluding hydrogens is 214 g/mol. The van der Waals surface area contributed by atoms with E-state index >= 15 is 0 Å². The number of carboxylic acid groups (broad SMARTS) is 1. The van der Waals surface area contributed by atoms with E-state index in [0.29, 0.717) is 5.69 Å². The number of nitrogens with zero attached hydrogens (tertiary/aromatic N) is 1. The van der Waals surface area contributed by atoms with E-state index in [1.165, 1.54) is 12.3 Å². The molecular formula is C14H9NO2. The van der Waals surface area contributed by atoms with Gasteiger partial charge in [-0.1, -0.05) is 24.1 Å². The van der Waals surface area contributed by atoms with Crippen molar-refractivity contribution in [1.29, 1.82) is 0 Å². The van der Waals surface area contributed by atoms with Crippen LogP contribution in [-0.2, 0) is 0 Å². The van der Waals surface area contributed by atoms with Gasteiger partial charge in [-0.25, -0.2) is 9.78 Å². The molecule has 0 saturated carbocycles. The van der Waals surface area contributed by atoms with Gasteiger partial charge in [-0.3, -0.25) is 0 Å². The Morgan fingerprint density at radius 1 is 1.06 bits per heavy atom. The molecule has 0 bridgehead atoms. The summed E-state index contributed by atoms with van der Waals surface area (Å²) in [6.45, 7) is 0. The fourth-order valence-corrected chi connectivity index (χ4v) is 1.25. The Kier molecular flexibility index (Phi) is 3.18. The molecule has 0 saturated heterocycles. The van der Waals surface area contributed by atoms with Gasteiger partial charge in [0.25, 0.3) is 0 Å². The Labute approximate surface area is 98.8 Å². The highest BCUT2D eigenvalue weighted by Crippen LogP contribution is 2.00. The Morgan fingerprint density at radius 3 is 2.41 bits per heavy atom. The smallest absolute Gasteiger partial charge is 0.337 e. The maximum atomic E-state index is 10.6. The Balaban J connectivity index is 2.20. The third-order valence-electron chi connectivity index (χ3n) is 2.12. The van der Waals surface area contributed by atoms with Gasteiger partial charge in [0.2, 0.25) is 0 Å². The van der Waals surface area contributed by atoms with Crippen molar-refractivity contribution >= 4 is 5.97 Å². The molecule has 0 atom stereocenters. The molecule has 2 rings (SSSR count). The molecule has 1 heterocycles. The second-order valence-corrected chi connectivity index (χ2v) is 3.35. The summed E-state index contributed by atoms with van der Waals surface area (Å²) in [7, 11) is 0. The number of hydrogen-bond donors (Lipinski definition) is 1. The van der Waals surface area contributed by atoms with Crippen LogP contribution in [-0.4, -0.2) is 16.1 Å². The third kappa shape index (κ3) is 2.93. The van der Waals surface area contributed by atoms with Gasteiger partial charge in [-0.2, -0.15) is 0 Å². The highest BCUT2D eigenvalue weighted by atomic mass is 16.4. The fraction of sp³-hybridized carbons (Fsp3) is 0. The lowest BCUT2D eigenvalue weighted by atomic mass is 10.2. The number of hydrogen-bond acceptors (Lipinski definition) is 2. The first-order valence-electron chi connectivity index (χ1n) is 5.02. The number of carboxylic acids is 1. The maximum Gasteiger partial charge on any atom is 0.337 e. The van der Waals surface area contributed by atoms with Crippen molar-refractivity contribution < 1.29 is 9.90 Å². The van der Waals surface area contributed by atoms with E-state index in [4.69, 9.17) is 5.11 Å². The second kappa shape index (κ2) is 4.95. The molecule has 0 amide bonds. The summed E-state index contributed by atoms with van der Waals surface area (Å²) < 4.78 is 0. The van der Waals surface area contributed by atoms with Crippen LogP contribution in [0.25, 0.3) is 0 Å². The number of carbonyl (C=O) groups is 1. The van der Waals surface area contributed by atoms with E-state index in [1.54, 1.807) is 6.07 Å². The quantitative estimate of drug-likeness (QED) is 0.754. The third-order valence-corrected chi connectivity index (χ3v) is 2.12. The predicted octanol–water partition coefficient (Wildman–Crippen LogP) is 2.18. The minimum atomic E-state index is -0.986. The number of aromatic nitrogens is 1. The summed E-state index contributed by atoms with van der Waals surface area (Å²) in [5.41, 5.74) is 1.62. The van der Waals surface area contributed by atoms with Gasteiger partial charge in [0.05, 0.1) is 5.56 Å². The van der Waals surface area contributed by atoms with Gasteiger partial charge < -0.3 is 5.11 Å². The van der Waals surface area contributed by atoms with E-state index in [1.807, 2.05) is 30.3 Å². The molecule has 0 aliphatic heterocycles. The molecule has 1 N–H and O–H groups in total. The summed E-state index contributed by atoms with van der Waals surface area (Å²) in [4.78, 5) is 14.6. The normalized spacial score (nSPS) is 9.18. The monoisotopic (exact) mass is 223 g/mol. The number of rotatable bonds is 1. The topological polar surface area (TPSA) is 50.2 Å². The van der Waals surface area contributed by atoms with E-state index in [-0.39, 0.29) is 5.56 Å². The lowest BCUT2D eigenvalue weighted by Gasteiger charge is -1.93. The number of aromatic carboxylic acids is 1. The van der Waals surface area contributed by atoms with Crippen LogP contribution >= 0.6 is 0 Å². The largest absolute Gasteiger partial charge is 0.478 e. The van der Waals surface area contributed by atoms with Crippen molar-refractivity contribution in [2.45, 2.75) is 0 Å². The minimum Gasteiger partial charge on any atom is -0.478 e. The van der Waals surface area contributed by atoms with Crippen LogP contribution in [0.1, 0.15) is 21.6 Å². The number of benzene rings is 1. The predicted molar refractivity (Wildman–Crippen MR) is 63.6 cm³/mol.